The number of amides is 1. The SMILES string of the molecule is COc1cccc(C(C)NC(=O)C2NCC3CCCC32)c1. The number of nitrogens with one attached hydrogen (secondary N) is 2. The van der Waals surface area contributed by atoms with Gasteiger partial charge in [0.25, 0.3) is 0 Å². The van der Waals surface area contributed by atoms with Crippen molar-refractivity contribution in [3.63, 3.8) is 0 Å². The van der Waals surface area contributed by atoms with Crippen LogP contribution in [0.3, 0.4) is 0 Å². The van der Waals surface area contributed by atoms with Gasteiger partial charge in [-0.15, -0.1) is 0 Å². The second-order valence-electron chi connectivity index (χ2n) is 6.25. The number of hydrogen-bond donors (Lipinski definition) is 2. The van der Waals surface area contributed by atoms with Gasteiger partial charge in [0.1, 0.15) is 5.75 Å². The highest BCUT2D eigenvalue weighted by molar-refractivity contribution is 5.83. The molecule has 2 N–H and O–H groups in total. The van der Waals surface area contributed by atoms with E-state index in [1.165, 1.54) is 19.3 Å². The molecule has 1 aliphatic heterocycles. The summed E-state index contributed by atoms with van der Waals surface area (Å²) in [4.78, 5) is 12.5. The fraction of sp³-hybridized carbons (Fsp3) is 0.588. The van der Waals surface area contributed by atoms with Crippen molar-refractivity contribution in [3.05, 3.63) is 29.8 Å². The Morgan fingerprint density at radius 1 is 1.43 bits per heavy atom. The fourth-order valence-electron chi connectivity index (χ4n) is 3.77. The van der Waals surface area contributed by atoms with E-state index in [0.717, 1.165) is 17.9 Å². The first kappa shape index (κ1) is 14.4. The van der Waals surface area contributed by atoms with Gasteiger partial charge in [-0.2, -0.15) is 0 Å². The molecule has 2 aliphatic rings. The number of carbonyl (C=O) groups excluding carboxylic acids is 1. The Labute approximate surface area is 126 Å². The highest BCUT2D eigenvalue weighted by Crippen LogP contribution is 2.37. The summed E-state index contributed by atoms with van der Waals surface area (Å²) in [5, 5.41) is 6.55. The minimum atomic E-state index is -0.00874. The van der Waals surface area contributed by atoms with E-state index in [9.17, 15) is 4.79 Å². The molecular weight excluding hydrogens is 264 g/mol. The second-order valence-corrected chi connectivity index (χ2v) is 6.25. The quantitative estimate of drug-likeness (QED) is 0.893. The normalized spacial score (nSPS) is 29.0. The number of rotatable bonds is 4. The van der Waals surface area contributed by atoms with Gasteiger partial charge in [0.15, 0.2) is 0 Å². The van der Waals surface area contributed by atoms with Gasteiger partial charge in [-0.25, -0.2) is 0 Å². The zero-order chi connectivity index (χ0) is 14.8. The molecule has 4 heteroatoms. The first-order chi connectivity index (χ1) is 10.2. The van der Waals surface area contributed by atoms with E-state index in [1.54, 1.807) is 7.11 Å². The van der Waals surface area contributed by atoms with Crippen LogP contribution in [-0.2, 0) is 4.79 Å². The molecule has 1 saturated carbocycles. The summed E-state index contributed by atoms with van der Waals surface area (Å²) in [5.74, 6) is 2.19. The van der Waals surface area contributed by atoms with Crippen molar-refractivity contribution in [1.29, 1.82) is 0 Å². The van der Waals surface area contributed by atoms with Gasteiger partial charge >= 0.3 is 0 Å². The Balaban J connectivity index is 1.64. The molecule has 4 nitrogen and oxygen atoms in total. The van der Waals surface area contributed by atoms with Crippen LogP contribution in [0.1, 0.15) is 37.8 Å². The maximum atomic E-state index is 12.5. The minimum absolute atomic E-state index is 0.00477. The molecule has 0 spiro atoms. The molecule has 4 unspecified atom stereocenters. The van der Waals surface area contributed by atoms with E-state index < -0.39 is 0 Å². The van der Waals surface area contributed by atoms with E-state index in [2.05, 4.69) is 10.6 Å². The van der Waals surface area contributed by atoms with Crippen LogP contribution in [0.15, 0.2) is 24.3 Å². The molecule has 1 aliphatic carbocycles. The van der Waals surface area contributed by atoms with Gasteiger partial charge in [-0.05, 0) is 55.8 Å². The lowest BCUT2D eigenvalue weighted by molar-refractivity contribution is -0.124. The molecule has 2 fully saturated rings. The lowest BCUT2D eigenvalue weighted by Crippen LogP contribution is -2.44. The molecule has 1 heterocycles. The zero-order valence-electron chi connectivity index (χ0n) is 12.8. The Morgan fingerprint density at radius 3 is 3.10 bits per heavy atom. The summed E-state index contributed by atoms with van der Waals surface area (Å²) in [6.07, 6.45) is 3.72. The van der Waals surface area contributed by atoms with E-state index in [4.69, 9.17) is 4.74 Å². The van der Waals surface area contributed by atoms with Gasteiger partial charge in [0.05, 0.1) is 19.2 Å². The smallest absolute Gasteiger partial charge is 0.237 e. The van der Waals surface area contributed by atoms with Gasteiger partial charge in [-0.1, -0.05) is 18.6 Å². The molecule has 1 saturated heterocycles. The predicted molar refractivity (Wildman–Crippen MR) is 82.2 cm³/mol. The van der Waals surface area contributed by atoms with Crippen LogP contribution >= 0.6 is 0 Å². The number of ether oxygens (including phenoxy) is 1. The molecule has 1 aromatic rings. The third kappa shape index (κ3) is 2.91. The molecule has 1 aromatic carbocycles. The lowest BCUT2D eigenvalue weighted by Gasteiger charge is -2.21. The van der Waals surface area contributed by atoms with Crippen LogP contribution < -0.4 is 15.4 Å². The molecule has 0 bridgehead atoms. The van der Waals surface area contributed by atoms with Crippen LogP contribution in [-0.4, -0.2) is 25.6 Å². The topological polar surface area (TPSA) is 50.4 Å². The first-order valence-electron chi connectivity index (χ1n) is 7.86. The fourth-order valence-corrected chi connectivity index (χ4v) is 3.77. The van der Waals surface area contributed by atoms with Gasteiger partial charge in [-0.3, -0.25) is 4.79 Å². The summed E-state index contributed by atoms with van der Waals surface area (Å²) in [5.41, 5.74) is 1.07. The van der Waals surface area contributed by atoms with Crippen molar-refractivity contribution >= 4 is 5.91 Å². The van der Waals surface area contributed by atoms with Crippen molar-refractivity contribution in [1.82, 2.24) is 10.6 Å². The molecule has 1 amide bonds. The third-order valence-electron chi connectivity index (χ3n) is 4.98. The second kappa shape index (κ2) is 6.06. The highest BCUT2D eigenvalue weighted by Gasteiger charge is 2.42. The Bertz CT molecular complexity index is 517. The van der Waals surface area contributed by atoms with Crippen molar-refractivity contribution in [3.8, 4) is 5.75 Å². The molecule has 0 radical (unpaired) electrons. The Hall–Kier alpha value is -1.55. The molecule has 114 valence electrons. The van der Waals surface area contributed by atoms with Crippen molar-refractivity contribution in [2.75, 3.05) is 13.7 Å². The third-order valence-corrected chi connectivity index (χ3v) is 4.98. The van der Waals surface area contributed by atoms with Crippen LogP contribution in [0, 0.1) is 11.8 Å². The largest absolute Gasteiger partial charge is 0.497 e. The molecule has 21 heavy (non-hydrogen) atoms. The van der Waals surface area contributed by atoms with E-state index in [1.807, 2.05) is 31.2 Å². The monoisotopic (exact) mass is 288 g/mol. The predicted octanol–water partition coefficient (Wildman–Crippen LogP) is 2.26. The maximum absolute atomic E-state index is 12.5. The molecule has 0 aromatic heterocycles. The van der Waals surface area contributed by atoms with Gasteiger partial charge in [0.2, 0.25) is 5.91 Å². The number of carbonyl (C=O) groups is 1. The highest BCUT2D eigenvalue weighted by atomic mass is 16.5. The van der Waals surface area contributed by atoms with E-state index in [-0.39, 0.29) is 18.0 Å². The summed E-state index contributed by atoms with van der Waals surface area (Å²) in [7, 11) is 1.66. The van der Waals surface area contributed by atoms with Gasteiger partial charge in [0, 0.05) is 0 Å². The van der Waals surface area contributed by atoms with Crippen molar-refractivity contribution in [2.45, 2.75) is 38.3 Å². The van der Waals surface area contributed by atoms with E-state index in [0.29, 0.717) is 11.8 Å². The number of hydrogen-bond acceptors (Lipinski definition) is 3. The summed E-state index contributed by atoms with van der Waals surface area (Å²) in [6.45, 7) is 3.02. The lowest BCUT2D eigenvalue weighted by atomic mass is 9.93. The number of methoxy groups -OCH3 is 1. The maximum Gasteiger partial charge on any atom is 0.237 e. The van der Waals surface area contributed by atoms with Gasteiger partial charge < -0.3 is 15.4 Å². The average molecular weight is 288 g/mol. The molecule has 4 atom stereocenters. The molecular formula is C17H24N2O2. The summed E-state index contributed by atoms with van der Waals surface area (Å²) in [6, 6.07) is 7.86. The first-order valence-corrected chi connectivity index (χ1v) is 7.86. The Morgan fingerprint density at radius 2 is 2.29 bits per heavy atom. The van der Waals surface area contributed by atoms with Crippen LogP contribution in [0.4, 0.5) is 0 Å². The Kier molecular flexibility index (Phi) is 4.15. The van der Waals surface area contributed by atoms with Crippen LogP contribution in [0.5, 0.6) is 5.75 Å². The average Bonchev–Trinajstić information content (AvgIpc) is 3.09. The summed E-state index contributed by atoms with van der Waals surface area (Å²) >= 11 is 0. The van der Waals surface area contributed by atoms with Crippen LogP contribution in [0.25, 0.3) is 0 Å². The zero-order valence-corrected chi connectivity index (χ0v) is 12.8. The number of benzene rings is 1. The van der Waals surface area contributed by atoms with Crippen molar-refractivity contribution in [2.24, 2.45) is 11.8 Å². The van der Waals surface area contributed by atoms with Crippen molar-refractivity contribution < 1.29 is 9.53 Å². The standard InChI is InChI=1S/C17H24N2O2/c1-11(12-5-3-7-14(9-12)21-2)19-17(20)16-15-8-4-6-13(15)10-18-16/h3,5,7,9,11,13,15-16,18H,4,6,8,10H2,1-2H3,(H,19,20). The molecule has 3 rings (SSSR count). The minimum Gasteiger partial charge on any atom is -0.497 e. The van der Waals surface area contributed by atoms with Crippen LogP contribution in [0.2, 0.25) is 0 Å². The van der Waals surface area contributed by atoms with E-state index >= 15 is 0 Å². The summed E-state index contributed by atoms with van der Waals surface area (Å²) < 4.78 is 5.24. The number of fused-ring (bicyclic) bond motifs is 1.